The van der Waals surface area contributed by atoms with Crippen molar-refractivity contribution in [2.45, 2.75) is 26.8 Å². The highest BCUT2D eigenvalue weighted by Crippen LogP contribution is 2.32. The van der Waals surface area contributed by atoms with Gasteiger partial charge in [-0.2, -0.15) is 0 Å². The number of nitrogens with one attached hydrogen (secondary N) is 1. The fourth-order valence-corrected chi connectivity index (χ4v) is 2.71. The Bertz CT molecular complexity index is 514. The minimum Gasteiger partial charge on any atom is -0.338 e. The summed E-state index contributed by atoms with van der Waals surface area (Å²) in [6.07, 6.45) is 0.768. The van der Waals surface area contributed by atoms with E-state index >= 15 is 0 Å². The highest BCUT2D eigenvalue weighted by atomic mass is 79.9. The number of anilines is 1. The Morgan fingerprint density at radius 1 is 1.28 bits per heavy atom. The fourth-order valence-electron chi connectivity index (χ4n) is 2.21. The van der Waals surface area contributed by atoms with E-state index in [1.807, 2.05) is 17.0 Å². The second-order valence-corrected chi connectivity index (χ2v) is 5.28. The summed E-state index contributed by atoms with van der Waals surface area (Å²) in [5, 5.41) is 2.84. The van der Waals surface area contributed by atoms with Gasteiger partial charge in [0.05, 0.1) is 0 Å². The van der Waals surface area contributed by atoms with Crippen LogP contribution in [0, 0.1) is 0 Å². The number of carbonyl (C=O) groups is 2. The van der Waals surface area contributed by atoms with Gasteiger partial charge in [0.2, 0.25) is 11.8 Å². The van der Waals surface area contributed by atoms with E-state index in [1.54, 1.807) is 6.92 Å². The molecule has 0 saturated carbocycles. The van der Waals surface area contributed by atoms with Crippen molar-refractivity contribution in [1.29, 1.82) is 0 Å². The minimum atomic E-state index is -0.0754. The minimum absolute atomic E-state index is 0.0754. The van der Waals surface area contributed by atoms with Gasteiger partial charge in [0.25, 0.3) is 0 Å². The van der Waals surface area contributed by atoms with Crippen LogP contribution < -0.4 is 5.32 Å². The predicted molar refractivity (Wildman–Crippen MR) is 73.2 cm³/mol. The number of fused-ring (bicyclic) bond motifs is 1. The molecule has 1 aliphatic heterocycles. The fraction of sp³-hybridized carbons (Fsp3) is 0.385. The smallest absolute Gasteiger partial charge is 0.221 e. The number of halogens is 1. The largest absolute Gasteiger partial charge is 0.338 e. The Hall–Kier alpha value is -1.36. The molecular formula is C13H15BrN2O2. The molecule has 1 aromatic rings. The van der Waals surface area contributed by atoms with Crippen LogP contribution in [0.15, 0.2) is 16.6 Å². The van der Waals surface area contributed by atoms with E-state index in [0.717, 1.165) is 27.7 Å². The van der Waals surface area contributed by atoms with Gasteiger partial charge in [-0.25, -0.2) is 0 Å². The van der Waals surface area contributed by atoms with E-state index in [1.165, 1.54) is 6.92 Å². The van der Waals surface area contributed by atoms with Gasteiger partial charge in [0.1, 0.15) is 0 Å². The number of benzene rings is 1. The molecule has 2 rings (SSSR count). The first-order valence-electron chi connectivity index (χ1n) is 5.82. The van der Waals surface area contributed by atoms with Crippen LogP contribution in [0.1, 0.15) is 25.0 Å². The molecule has 1 N–H and O–H groups in total. The van der Waals surface area contributed by atoms with Crippen LogP contribution in [0.4, 0.5) is 5.69 Å². The zero-order chi connectivity index (χ0) is 13.3. The van der Waals surface area contributed by atoms with Crippen LogP contribution >= 0.6 is 15.9 Å². The molecular weight excluding hydrogens is 296 g/mol. The zero-order valence-corrected chi connectivity index (χ0v) is 12.0. The lowest BCUT2D eigenvalue weighted by Gasteiger charge is -2.30. The first-order valence-corrected chi connectivity index (χ1v) is 6.61. The Kier molecular flexibility index (Phi) is 3.71. The first kappa shape index (κ1) is 13.1. The molecule has 1 aliphatic rings. The molecule has 0 aliphatic carbocycles. The van der Waals surface area contributed by atoms with E-state index < -0.39 is 0 Å². The molecule has 5 heteroatoms. The monoisotopic (exact) mass is 310 g/mol. The van der Waals surface area contributed by atoms with Crippen LogP contribution in [0.25, 0.3) is 0 Å². The van der Waals surface area contributed by atoms with Crippen molar-refractivity contribution >= 4 is 33.4 Å². The maximum absolute atomic E-state index is 11.4. The first-order chi connectivity index (χ1) is 8.49. The number of carbonyl (C=O) groups excluding carboxylic acids is 2. The van der Waals surface area contributed by atoms with Crippen molar-refractivity contribution in [2.75, 3.05) is 11.9 Å². The summed E-state index contributed by atoms with van der Waals surface area (Å²) in [4.78, 5) is 24.4. The van der Waals surface area contributed by atoms with Gasteiger partial charge in [0.15, 0.2) is 0 Å². The van der Waals surface area contributed by atoms with Crippen molar-refractivity contribution in [2.24, 2.45) is 0 Å². The second-order valence-electron chi connectivity index (χ2n) is 4.42. The standard InChI is InChI=1S/C13H15BrN2O2/c1-8(17)15-13-4-3-12(14)11-7-16(9(2)18)6-5-10(11)13/h3-4H,5-7H2,1-2H3,(H,15,17). The van der Waals surface area contributed by atoms with E-state index in [4.69, 9.17) is 0 Å². The van der Waals surface area contributed by atoms with Gasteiger partial charge in [0, 0.05) is 37.1 Å². The molecule has 1 heterocycles. The molecule has 0 saturated heterocycles. The van der Waals surface area contributed by atoms with Gasteiger partial charge in [-0.05, 0) is 29.7 Å². The highest BCUT2D eigenvalue weighted by Gasteiger charge is 2.22. The molecule has 0 unspecified atom stereocenters. The summed E-state index contributed by atoms with van der Waals surface area (Å²) in [6, 6.07) is 3.81. The van der Waals surface area contributed by atoms with Crippen molar-refractivity contribution in [3.8, 4) is 0 Å². The van der Waals surface area contributed by atoms with Gasteiger partial charge >= 0.3 is 0 Å². The molecule has 1 aromatic carbocycles. The van der Waals surface area contributed by atoms with Crippen molar-refractivity contribution in [3.05, 3.63) is 27.7 Å². The summed E-state index contributed by atoms with van der Waals surface area (Å²) in [7, 11) is 0. The Morgan fingerprint density at radius 3 is 2.61 bits per heavy atom. The average molecular weight is 311 g/mol. The van der Waals surface area contributed by atoms with Gasteiger partial charge < -0.3 is 10.2 Å². The van der Waals surface area contributed by atoms with Crippen molar-refractivity contribution in [1.82, 2.24) is 4.90 Å². The third-order valence-corrected chi connectivity index (χ3v) is 3.85. The molecule has 18 heavy (non-hydrogen) atoms. The van der Waals surface area contributed by atoms with Gasteiger partial charge in [-0.1, -0.05) is 15.9 Å². The molecule has 0 radical (unpaired) electrons. The third kappa shape index (κ3) is 2.56. The number of hydrogen-bond donors (Lipinski definition) is 1. The quantitative estimate of drug-likeness (QED) is 0.865. The molecule has 2 amide bonds. The number of amides is 2. The van der Waals surface area contributed by atoms with Crippen LogP contribution in [0.3, 0.4) is 0 Å². The highest BCUT2D eigenvalue weighted by molar-refractivity contribution is 9.10. The predicted octanol–water partition coefficient (Wildman–Crippen LogP) is 2.31. The molecule has 0 spiro atoms. The van der Waals surface area contributed by atoms with E-state index in [2.05, 4.69) is 21.2 Å². The molecule has 4 nitrogen and oxygen atoms in total. The molecule has 0 bridgehead atoms. The number of rotatable bonds is 1. The number of hydrogen-bond acceptors (Lipinski definition) is 2. The number of nitrogens with zero attached hydrogens (tertiary/aromatic N) is 1. The van der Waals surface area contributed by atoms with Crippen molar-refractivity contribution in [3.63, 3.8) is 0 Å². The van der Waals surface area contributed by atoms with Gasteiger partial charge in [-0.15, -0.1) is 0 Å². The molecule has 0 aromatic heterocycles. The van der Waals surface area contributed by atoms with E-state index in [0.29, 0.717) is 13.1 Å². The van der Waals surface area contributed by atoms with Crippen LogP contribution in [0.2, 0.25) is 0 Å². The van der Waals surface area contributed by atoms with E-state index in [-0.39, 0.29) is 11.8 Å². The lowest BCUT2D eigenvalue weighted by Crippen LogP contribution is -2.34. The SMILES string of the molecule is CC(=O)Nc1ccc(Br)c2c1CCN(C(C)=O)C2. The summed E-state index contributed by atoms with van der Waals surface area (Å²) >= 11 is 3.51. The molecule has 0 fully saturated rings. The Labute approximate surface area is 114 Å². The third-order valence-electron chi connectivity index (χ3n) is 3.11. The van der Waals surface area contributed by atoms with Crippen molar-refractivity contribution < 1.29 is 9.59 Å². The van der Waals surface area contributed by atoms with Crippen LogP contribution in [-0.2, 0) is 22.6 Å². The van der Waals surface area contributed by atoms with Gasteiger partial charge in [-0.3, -0.25) is 9.59 Å². The average Bonchev–Trinajstić information content (AvgIpc) is 2.32. The summed E-state index contributed by atoms with van der Waals surface area (Å²) in [5.41, 5.74) is 3.06. The second kappa shape index (κ2) is 5.10. The zero-order valence-electron chi connectivity index (χ0n) is 10.4. The van der Waals surface area contributed by atoms with E-state index in [9.17, 15) is 9.59 Å². The topological polar surface area (TPSA) is 49.4 Å². The van der Waals surface area contributed by atoms with Crippen LogP contribution in [-0.4, -0.2) is 23.3 Å². The normalized spacial score (nSPS) is 14.1. The maximum Gasteiger partial charge on any atom is 0.221 e. The maximum atomic E-state index is 11.4. The lowest BCUT2D eigenvalue weighted by atomic mass is 9.97. The van der Waals surface area contributed by atoms with Crippen LogP contribution in [0.5, 0.6) is 0 Å². The Balaban J connectivity index is 2.38. The summed E-state index contributed by atoms with van der Waals surface area (Å²) in [6.45, 7) is 4.37. The molecule has 0 atom stereocenters. The Morgan fingerprint density at radius 2 is 2.00 bits per heavy atom. The summed E-state index contributed by atoms with van der Waals surface area (Å²) in [5.74, 6) is 0.00556. The summed E-state index contributed by atoms with van der Waals surface area (Å²) < 4.78 is 0.984. The molecule has 96 valence electrons. The lowest BCUT2D eigenvalue weighted by molar-refractivity contribution is -0.129.